The highest BCUT2D eigenvalue weighted by atomic mass is 35.5. The number of carbonyl (C=O) groups is 1. The van der Waals surface area contributed by atoms with E-state index in [0.717, 1.165) is 69.9 Å². The molecule has 1 saturated carbocycles. The summed E-state index contributed by atoms with van der Waals surface area (Å²) in [5.41, 5.74) is 7.84. The number of rotatable bonds is 7. The second kappa shape index (κ2) is 10.3. The maximum Gasteiger partial charge on any atom is 0.328 e. The lowest BCUT2D eigenvalue weighted by Crippen LogP contribution is -2.15. The average Bonchev–Trinajstić information content (AvgIpc) is 3.38. The van der Waals surface area contributed by atoms with Crippen molar-refractivity contribution in [2.45, 2.75) is 19.3 Å². The molecule has 0 aliphatic heterocycles. The van der Waals surface area contributed by atoms with Crippen molar-refractivity contribution in [1.82, 2.24) is 10.2 Å². The lowest BCUT2D eigenvalue weighted by atomic mass is 9.73. The summed E-state index contributed by atoms with van der Waals surface area (Å²) >= 11 is 6.61. The summed E-state index contributed by atoms with van der Waals surface area (Å²) in [6.45, 7) is 0. The van der Waals surface area contributed by atoms with Gasteiger partial charge in [0.25, 0.3) is 0 Å². The van der Waals surface area contributed by atoms with Crippen LogP contribution in [0.15, 0.2) is 85.2 Å². The Morgan fingerprint density at radius 1 is 1.00 bits per heavy atom. The second-order valence-electron chi connectivity index (χ2n) is 8.90. The summed E-state index contributed by atoms with van der Waals surface area (Å²) < 4.78 is 14.0. The minimum absolute atomic E-state index is 0.308. The van der Waals surface area contributed by atoms with Gasteiger partial charge in [-0.1, -0.05) is 72.6 Å². The van der Waals surface area contributed by atoms with Crippen LogP contribution in [0.5, 0.6) is 0 Å². The zero-order chi connectivity index (χ0) is 25.1. The highest BCUT2D eigenvalue weighted by Crippen LogP contribution is 2.47. The van der Waals surface area contributed by atoms with Gasteiger partial charge in [0.15, 0.2) is 0 Å². The fourth-order valence-corrected chi connectivity index (χ4v) is 4.88. The minimum atomic E-state index is -0.990. The molecule has 4 nitrogen and oxygen atoms in total. The number of H-pyrrole nitrogens is 1. The monoisotopic (exact) mass is 498 g/mol. The van der Waals surface area contributed by atoms with Gasteiger partial charge in [-0.3, -0.25) is 5.10 Å². The maximum absolute atomic E-state index is 14.0. The van der Waals surface area contributed by atoms with E-state index >= 15 is 0 Å². The molecule has 0 unspecified atom stereocenters. The van der Waals surface area contributed by atoms with E-state index in [1.807, 2.05) is 30.5 Å². The fourth-order valence-electron chi connectivity index (χ4n) is 4.61. The lowest BCUT2D eigenvalue weighted by molar-refractivity contribution is -0.131. The molecule has 2 N–H and O–H groups in total. The number of carboxylic acids is 1. The summed E-state index contributed by atoms with van der Waals surface area (Å²) in [4.78, 5) is 10.9. The van der Waals surface area contributed by atoms with Crippen LogP contribution in [0.4, 0.5) is 4.39 Å². The summed E-state index contributed by atoms with van der Waals surface area (Å²) in [6.07, 6.45) is 9.55. The molecule has 0 amide bonds. The molecule has 5 rings (SSSR count). The minimum Gasteiger partial charge on any atom is -0.478 e. The number of nitrogens with one attached hydrogen (secondary N) is 1. The van der Waals surface area contributed by atoms with E-state index in [-0.39, 0.29) is 5.82 Å². The van der Waals surface area contributed by atoms with Crippen molar-refractivity contribution in [2.75, 3.05) is 0 Å². The number of halogens is 2. The zero-order valence-electron chi connectivity index (χ0n) is 19.4. The Bertz CT molecular complexity index is 1440. The van der Waals surface area contributed by atoms with Gasteiger partial charge < -0.3 is 5.11 Å². The van der Waals surface area contributed by atoms with Crippen LogP contribution in [-0.2, 0) is 4.79 Å². The van der Waals surface area contributed by atoms with Crippen LogP contribution in [0.2, 0.25) is 5.02 Å². The first kappa shape index (κ1) is 23.8. The number of aromatic amines is 1. The van der Waals surface area contributed by atoms with Crippen molar-refractivity contribution in [2.24, 2.45) is 5.92 Å². The van der Waals surface area contributed by atoms with Crippen molar-refractivity contribution in [3.63, 3.8) is 0 Å². The zero-order valence-corrected chi connectivity index (χ0v) is 20.2. The molecule has 4 aromatic rings. The molecule has 0 saturated heterocycles. The van der Waals surface area contributed by atoms with Crippen molar-refractivity contribution in [1.29, 1.82) is 0 Å². The van der Waals surface area contributed by atoms with E-state index in [1.54, 1.807) is 18.3 Å². The first-order valence-electron chi connectivity index (χ1n) is 11.8. The Hall–Kier alpha value is -3.96. The molecular weight excluding hydrogens is 475 g/mol. The molecule has 1 fully saturated rings. The predicted molar refractivity (Wildman–Crippen MR) is 142 cm³/mol. The Labute approximate surface area is 213 Å². The van der Waals surface area contributed by atoms with E-state index in [9.17, 15) is 9.18 Å². The van der Waals surface area contributed by atoms with Crippen LogP contribution in [0.1, 0.15) is 41.5 Å². The summed E-state index contributed by atoms with van der Waals surface area (Å²) in [5.74, 6) is -1.05. The van der Waals surface area contributed by atoms with E-state index in [0.29, 0.717) is 10.9 Å². The van der Waals surface area contributed by atoms with E-state index in [1.165, 1.54) is 12.1 Å². The van der Waals surface area contributed by atoms with Gasteiger partial charge in [0.05, 0.1) is 11.2 Å². The third kappa shape index (κ3) is 5.02. The lowest BCUT2D eigenvalue weighted by Gasteiger charge is -2.32. The standard InChI is InChI=1S/C30H24ClFN2O2/c31-27-16-25(32)13-14-26(27)30(21-2-1-3-21)29(22-7-4-19(5-8-22)6-15-28(35)36)23-11-9-20(10-12-23)24-17-33-34-18-24/h4-18,21H,1-3H2,(H,33,34)(H,35,36)/b15-6+,30-29+. The van der Waals surface area contributed by atoms with Gasteiger partial charge in [-0.25, -0.2) is 9.18 Å². The van der Waals surface area contributed by atoms with Crippen LogP contribution < -0.4 is 0 Å². The third-order valence-corrected chi connectivity index (χ3v) is 6.94. The molecule has 0 spiro atoms. The van der Waals surface area contributed by atoms with Gasteiger partial charge in [-0.15, -0.1) is 0 Å². The quantitative estimate of drug-likeness (QED) is 0.202. The summed E-state index contributed by atoms with van der Waals surface area (Å²) in [6, 6.07) is 20.7. The van der Waals surface area contributed by atoms with Gasteiger partial charge in [-0.2, -0.15) is 5.10 Å². The number of aromatic nitrogens is 2. The SMILES string of the molecule is O=C(O)/C=C/c1ccc(/C(=C(\c2ccc(F)cc2Cl)C2CCC2)c2ccc(-c3cn[nH]c3)cc2)cc1. The molecule has 180 valence electrons. The van der Waals surface area contributed by atoms with Crippen LogP contribution in [0, 0.1) is 11.7 Å². The molecule has 1 heterocycles. The first-order chi connectivity index (χ1) is 17.5. The van der Waals surface area contributed by atoms with Gasteiger partial charge in [0.1, 0.15) is 5.82 Å². The maximum atomic E-state index is 14.0. The second-order valence-corrected chi connectivity index (χ2v) is 9.31. The van der Waals surface area contributed by atoms with Crippen LogP contribution in [-0.4, -0.2) is 21.3 Å². The summed E-state index contributed by atoms with van der Waals surface area (Å²) in [5, 5.41) is 16.2. The van der Waals surface area contributed by atoms with E-state index < -0.39 is 5.97 Å². The van der Waals surface area contributed by atoms with Crippen LogP contribution in [0.3, 0.4) is 0 Å². The van der Waals surface area contributed by atoms with Crippen molar-refractivity contribution >= 4 is 34.8 Å². The molecule has 3 aromatic carbocycles. The normalized spacial score (nSPS) is 14.5. The Morgan fingerprint density at radius 3 is 2.25 bits per heavy atom. The molecule has 1 aromatic heterocycles. The molecule has 0 atom stereocenters. The number of nitrogens with zero attached hydrogens (tertiary/aromatic N) is 1. The largest absolute Gasteiger partial charge is 0.478 e. The van der Waals surface area contributed by atoms with Crippen LogP contribution in [0.25, 0.3) is 28.3 Å². The van der Waals surface area contributed by atoms with Gasteiger partial charge >= 0.3 is 5.97 Å². The van der Waals surface area contributed by atoms with Crippen LogP contribution >= 0.6 is 11.6 Å². The Balaban J connectivity index is 1.69. The number of hydrogen-bond donors (Lipinski definition) is 2. The number of aliphatic carboxylic acids is 1. The first-order valence-corrected chi connectivity index (χ1v) is 12.2. The topological polar surface area (TPSA) is 66.0 Å². The molecular formula is C30H24ClFN2O2. The molecule has 1 aliphatic rings. The molecule has 1 aliphatic carbocycles. The Kier molecular flexibility index (Phi) is 6.83. The molecule has 0 bridgehead atoms. The molecule has 36 heavy (non-hydrogen) atoms. The van der Waals surface area contributed by atoms with E-state index in [2.05, 4.69) is 34.5 Å². The fraction of sp³-hybridized carbons (Fsp3) is 0.133. The highest BCUT2D eigenvalue weighted by molar-refractivity contribution is 6.32. The smallest absolute Gasteiger partial charge is 0.328 e. The summed E-state index contributed by atoms with van der Waals surface area (Å²) in [7, 11) is 0. The van der Waals surface area contributed by atoms with Gasteiger partial charge in [0, 0.05) is 17.8 Å². The molecule has 6 heteroatoms. The Morgan fingerprint density at radius 2 is 1.69 bits per heavy atom. The molecule has 0 radical (unpaired) electrons. The predicted octanol–water partition coefficient (Wildman–Crippen LogP) is 7.73. The number of hydrogen-bond acceptors (Lipinski definition) is 2. The van der Waals surface area contributed by atoms with Gasteiger partial charge in [-0.05, 0) is 75.9 Å². The van der Waals surface area contributed by atoms with Crippen molar-refractivity contribution < 1.29 is 14.3 Å². The average molecular weight is 499 g/mol. The van der Waals surface area contributed by atoms with Crippen molar-refractivity contribution in [3.05, 3.63) is 118 Å². The number of allylic oxidation sites excluding steroid dienone is 1. The van der Waals surface area contributed by atoms with Gasteiger partial charge in [0.2, 0.25) is 0 Å². The van der Waals surface area contributed by atoms with Crippen molar-refractivity contribution in [3.8, 4) is 11.1 Å². The highest BCUT2D eigenvalue weighted by Gasteiger charge is 2.28. The third-order valence-electron chi connectivity index (χ3n) is 6.63. The number of benzene rings is 3. The number of carboxylic acid groups (broad SMARTS) is 1. The van der Waals surface area contributed by atoms with E-state index in [4.69, 9.17) is 16.7 Å².